The predicted octanol–water partition coefficient (Wildman–Crippen LogP) is 4.96. The highest BCUT2D eigenvalue weighted by Crippen LogP contribution is 2.36. The molecule has 1 aliphatic rings. The molecule has 0 atom stereocenters. The average Bonchev–Trinajstić information content (AvgIpc) is 2.85. The van der Waals surface area contributed by atoms with E-state index >= 15 is 0 Å². The molecule has 0 spiro atoms. The van der Waals surface area contributed by atoms with Crippen LogP contribution in [0.25, 0.3) is 0 Å². The Kier molecular flexibility index (Phi) is 8.27. The van der Waals surface area contributed by atoms with Crippen LogP contribution < -0.4 is 0 Å². The maximum atomic E-state index is 13.2. The minimum Gasteiger partial charge on any atom is -0.479 e. The lowest BCUT2D eigenvalue weighted by Crippen LogP contribution is -2.26. The number of benzene rings is 2. The van der Waals surface area contributed by atoms with Crippen LogP contribution in [0.3, 0.4) is 0 Å². The summed E-state index contributed by atoms with van der Waals surface area (Å²) >= 11 is 0. The van der Waals surface area contributed by atoms with Crippen molar-refractivity contribution in [1.29, 1.82) is 0 Å². The van der Waals surface area contributed by atoms with Crippen LogP contribution in [0.5, 0.6) is 0 Å². The zero-order valence-electron chi connectivity index (χ0n) is 18.8. The molecule has 1 aliphatic heterocycles. The van der Waals surface area contributed by atoms with E-state index in [4.69, 9.17) is 24.0 Å². The number of methoxy groups -OCH3 is 1. The van der Waals surface area contributed by atoms with Crippen molar-refractivity contribution in [3.05, 3.63) is 70.3 Å². The number of rotatable bonds is 7. The number of alkyl halides is 6. The van der Waals surface area contributed by atoms with Crippen LogP contribution in [0.1, 0.15) is 27.8 Å². The molecule has 0 saturated carbocycles. The quantitative estimate of drug-likeness (QED) is 0.224. The summed E-state index contributed by atoms with van der Waals surface area (Å²) in [5.74, 6) is -0.552. The van der Waals surface area contributed by atoms with Crippen LogP contribution >= 0.6 is 0 Å². The third-order valence-corrected chi connectivity index (χ3v) is 4.61. The summed E-state index contributed by atoms with van der Waals surface area (Å²) in [6.07, 6.45) is -10.1. The summed E-state index contributed by atoms with van der Waals surface area (Å²) in [6.45, 7) is 0.193. The Morgan fingerprint density at radius 3 is 2.17 bits per heavy atom. The normalized spacial score (nSPS) is 14.9. The van der Waals surface area contributed by atoms with Gasteiger partial charge < -0.3 is 24.0 Å². The molecule has 0 radical (unpaired) electrons. The van der Waals surface area contributed by atoms with Gasteiger partial charge in [0.15, 0.2) is 12.3 Å². The number of halogens is 6. The van der Waals surface area contributed by atoms with Crippen molar-refractivity contribution < 1.29 is 50.3 Å². The van der Waals surface area contributed by atoms with E-state index in [1.165, 1.54) is 7.11 Å². The molecule has 0 bridgehead atoms. The third-order valence-electron chi connectivity index (χ3n) is 4.61. The molecule has 0 fully saturated rings. The molecule has 3 rings (SSSR count). The SMILES string of the molecule is CO/N=C(/C1=NOCCO1)c1ccccc1CO/N=C(\OC)c1cc(C(F)(F)F)cc(C(F)(F)F)c1. The summed E-state index contributed by atoms with van der Waals surface area (Å²) < 4.78 is 89.5. The summed E-state index contributed by atoms with van der Waals surface area (Å²) in [4.78, 5) is 15.1. The first-order chi connectivity index (χ1) is 17.0. The van der Waals surface area contributed by atoms with Gasteiger partial charge in [-0.1, -0.05) is 29.4 Å². The van der Waals surface area contributed by atoms with Gasteiger partial charge in [0, 0.05) is 16.7 Å². The lowest BCUT2D eigenvalue weighted by Gasteiger charge is -2.16. The van der Waals surface area contributed by atoms with Crippen LogP contribution in [-0.2, 0) is 42.9 Å². The highest BCUT2D eigenvalue weighted by atomic mass is 19.4. The van der Waals surface area contributed by atoms with E-state index in [0.717, 1.165) is 7.11 Å². The molecule has 0 aromatic heterocycles. The lowest BCUT2D eigenvalue weighted by molar-refractivity contribution is -0.143. The molecule has 0 unspecified atom stereocenters. The first kappa shape index (κ1) is 26.6. The molecule has 0 N–H and O–H groups in total. The van der Waals surface area contributed by atoms with Gasteiger partial charge in [0.1, 0.15) is 20.3 Å². The Bertz CT molecular complexity index is 1130. The lowest BCUT2D eigenvalue weighted by atomic mass is 10.0. The van der Waals surface area contributed by atoms with Gasteiger partial charge in [-0.2, -0.15) is 26.3 Å². The van der Waals surface area contributed by atoms with Crippen molar-refractivity contribution in [2.75, 3.05) is 27.4 Å². The van der Waals surface area contributed by atoms with E-state index < -0.39 is 34.9 Å². The van der Waals surface area contributed by atoms with Crippen molar-refractivity contribution >= 4 is 17.5 Å². The Morgan fingerprint density at radius 2 is 1.61 bits per heavy atom. The molecule has 14 heteroatoms. The summed E-state index contributed by atoms with van der Waals surface area (Å²) in [6, 6.07) is 7.58. The maximum absolute atomic E-state index is 13.2. The van der Waals surface area contributed by atoms with Crippen LogP contribution in [0.15, 0.2) is 57.9 Å². The number of ether oxygens (including phenoxy) is 2. The summed E-state index contributed by atoms with van der Waals surface area (Å²) in [7, 11) is 2.34. The monoisotopic (exact) mass is 519 g/mol. The molecule has 2 aromatic carbocycles. The molecule has 2 aromatic rings. The van der Waals surface area contributed by atoms with E-state index in [9.17, 15) is 26.3 Å². The van der Waals surface area contributed by atoms with Crippen molar-refractivity contribution in [2.45, 2.75) is 19.0 Å². The number of nitrogens with zero attached hydrogens (tertiary/aromatic N) is 3. The Hall–Kier alpha value is -3.97. The van der Waals surface area contributed by atoms with E-state index in [0.29, 0.717) is 23.3 Å². The fourth-order valence-electron chi connectivity index (χ4n) is 3.04. The molecular weight excluding hydrogens is 500 g/mol. The van der Waals surface area contributed by atoms with E-state index in [2.05, 4.69) is 15.5 Å². The minimum atomic E-state index is -5.03. The first-order valence-corrected chi connectivity index (χ1v) is 10.1. The smallest absolute Gasteiger partial charge is 0.416 e. The molecule has 0 amide bonds. The van der Waals surface area contributed by atoms with Crippen molar-refractivity contribution in [2.24, 2.45) is 15.5 Å². The second-order valence-electron chi connectivity index (χ2n) is 7.03. The largest absolute Gasteiger partial charge is 0.479 e. The van der Waals surface area contributed by atoms with E-state index in [1.54, 1.807) is 24.3 Å². The molecular formula is C22H19F6N3O5. The van der Waals surface area contributed by atoms with E-state index in [-0.39, 0.29) is 37.5 Å². The van der Waals surface area contributed by atoms with Gasteiger partial charge in [-0.05, 0) is 28.5 Å². The Morgan fingerprint density at radius 1 is 0.944 bits per heavy atom. The Balaban J connectivity index is 1.91. The highest BCUT2D eigenvalue weighted by molar-refractivity contribution is 6.45. The van der Waals surface area contributed by atoms with Crippen molar-refractivity contribution in [3.63, 3.8) is 0 Å². The average molecular weight is 519 g/mol. The van der Waals surface area contributed by atoms with Crippen molar-refractivity contribution in [1.82, 2.24) is 0 Å². The van der Waals surface area contributed by atoms with Gasteiger partial charge in [-0.3, -0.25) is 0 Å². The Labute approximate surface area is 200 Å². The summed E-state index contributed by atoms with van der Waals surface area (Å²) in [5, 5.41) is 11.3. The minimum absolute atomic E-state index is 0.00428. The van der Waals surface area contributed by atoms with Crippen LogP contribution in [0, 0.1) is 0 Å². The fraction of sp³-hybridized carbons (Fsp3) is 0.318. The standard InChI is InChI=1S/C22H19F6N3O5/c1-32-19(14-9-15(21(23,24)25)11-16(10-14)22(26,27)28)30-36-12-13-5-3-4-6-17(13)18(29-33-2)20-31-35-8-7-34-20/h3-6,9-11H,7-8,12H2,1-2H3/b29-18+,30-19-. The first-order valence-electron chi connectivity index (χ1n) is 10.1. The second-order valence-corrected chi connectivity index (χ2v) is 7.03. The van der Waals surface area contributed by atoms with Crippen molar-refractivity contribution in [3.8, 4) is 0 Å². The van der Waals surface area contributed by atoms with Gasteiger partial charge >= 0.3 is 12.4 Å². The number of hydrogen-bond acceptors (Lipinski definition) is 8. The zero-order valence-corrected chi connectivity index (χ0v) is 18.8. The zero-order chi connectivity index (χ0) is 26.3. The van der Waals surface area contributed by atoms with Crippen LogP contribution in [0.4, 0.5) is 26.3 Å². The predicted molar refractivity (Wildman–Crippen MR) is 114 cm³/mol. The molecule has 0 aliphatic carbocycles. The molecule has 0 saturated heterocycles. The van der Waals surface area contributed by atoms with Gasteiger partial charge in [0.2, 0.25) is 0 Å². The van der Waals surface area contributed by atoms with E-state index in [1.807, 2.05) is 0 Å². The molecule has 194 valence electrons. The van der Waals surface area contributed by atoms with Gasteiger partial charge in [0.25, 0.3) is 11.8 Å². The summed E-state index contributed by atoms with van der Waals surface area (Å²) in [5.41, 5.74) is -2.53. The van der Waals surface area contributed by atoms with Crippen LogP contribution in [-0.4, -0.2) is 44.9 Å². The third kappa shape index (κ3) is 6.58. The highest BCUT2D eigenvalue weighted by Gasteiger charge is 2.37. The fourth-order valence-corrected chi connectivity index (χ4v) is 3.04. The second kappa shape index (κ2) is 11.2. The number of hydrogen-bond donors (Lipinski definition) is 0. The maximum Gasteiger partial charge on any atom is 0.416 e. The molecule has 36 heavy (non-hydrogen) atoms. The molecule has 8 nitrogen and oxygen atoms in total. The topological polar surface area (TPSA) is 83.2 Å². The van der Waals surface area contributed by atoms with Gasteiger partial charge in [0.05, 0.1) is 18.2 Å². The van der Waals surface area contributed by atoms with Gasteiger partial charge in [-0.25, -0.2) is 0 Å². The van der Waals surface area contributed by atoms with Gasteiger partial charge in [-0.15, -0.1) is 0 Å². The van der Waals surface area contributed by atoms with Crippen LogP contribution in [0.2, 0.25) is 0 Å². The molecule has 1 heterocycles. The number of oxime groups is 3.